The number of hydrogen-bond acceptors (Lipinski definition) is 3. The van der Waals surface area contributed by atoms with Crippen LogP contribution in [0.1, 0.15) is 18.9 Å². The van der Waals surface area contributed by atoms with Crippen molar-refractivity contribution >= 4 is 28.4 Å². The Labute approximate surface area is 90.6 Å². The van der Waals surface area contributed by atoms with Gasteiger partial charge in [0.05, 0.1) is 21.9 Å². The van der Waals surface area contributed by atoms with Gasteiger partial charge >= 0.3 is 0 Å². The minimum atomic E-state index is 0.395. The number of rotatable bonds is 2. The second-order valence-corrected chi connectivity index (χ2v) is 4.47. The second-order valence-electron chi connectivity index (χ2n) is 3.31. The summed E-state index contributed by atoms with van der Waals surface area (Å²) in [5.41, 5.74) is 5.85. The van der Waals surface area contributed by atoms with Crippen LogP contribution in [0, 0.1) is 3.57 Å². The Morgan fingerprint density at radius 1 is 1.69 bits per heavy atom. The Balaban J connectivity index is 2.07. The van der Waals surface area contributed by atoms with Gasteiger partial charge in [0, 0.05) is 7.11 Å². The first-order valence-electron chi connectivity index (χ1n) is 4.23. The maximum atomic E-state index is 5.85. The summed E-state index contributed by atoms with van der Waals surface area (Å²) in [5, 5.41) is 4.23. The van der Waals surface area contributed by atoms with E-state index >= 15 is 0 Å². The van der Waals surface area contributed by atoms with Gasteiger partial charge in [-0.3, -0.25) is 0 Å². The van der Waals surface area contributed by atoms with Crippen LogP contribution in [-0.4, -0.2) is 23.0 Å². The van der Waals surface area contributed by atoms with Crippen LogP contribution in [0.2, 0.25) is 0 Å². The number of aromatic nitrogens is 2. The van der Waals surface area contributed by atoms with Crippen molar-refractivity contribution in [2.45, 2.75) is 25.0 Å². The van der Waals surface area contributed by atoms with Gasteiger partial charge in [-0.05, 0) is 35.4 Å². The zero-order chi connectivity index (χ0) is 9.42. The molecule has 4 nitrogen and oxygen atoms in total. The van der Waals surface area contributed by atoms with E-state index < -0.39 is 0 Å². The van der Waals surface area contributed by atoms with E-state index in [0.717, 1.165) is 22.2 Å². The van der Waals surface area contributed by atoms with Crippen molar-refractivity contribution < 1.29 is 4.74 Å². The van der Waals surface area contributed by atoms with Gasteiger partial charge in [0.1, 0.15) is 5.82 Å². The first kappa shape index (κ1) is 9.26. The minimum Gasteiger partial charge on any atom is -0.383 e. The van der Waals surface area contributed by atoms with Gasteiger partial charge in [-0.2, -0.15) is 5.10 Å². The summed E-state index contributed by atoms with van der Waals surface area (Å²) in [6, 6.07) is 0.438. The van der Waals surface area contributed by atoms with Crippen LogP contribution >= 0.6 is 22.6 Å². The van der Waals surface area contributed by atoms with Crippen molar-refractivity contribution in [1.29, 1.82) is 0 Å². The fraction of sp³-hybridized carbons (Fsp3) is 0.625. The number of halogens is 1. The highest BCUT2D eigenvalue weighted by molar-refractivity contribution is 14.1. The van der Waals surface area contributed by atoms with Crippen molar-refractivity contribution in [3.63, 3.8) is 0 Å². The van der Waals surface area contributed by atoms with Gasteiger partial charge < -0.3 is 10.5 Å². The van der Waals surface area contributed by atoms with Crippen LogP contribution in [0.4, 0.5) is 5.82 Å². The molecule has 1 fully saturated rings. The van der Waals surface area contributed by atoms with Crippen molar-refractivity contribution in [2.75, 3.05) is 12.8 Å². The van der Waals surface area contributed by atoms with Gasteiger partial charge in [0.25, 0.3) is 0 Å². The topological polar surface area (TPSA) is 53.1 Å². The monoisotopic (exact) mass is 293 g/mol. The SMILES string of the molecule is COC1CC(n2ncc(I)c2N)C1. The summed E-state index contributed by atoms with van der Waals surface area (Å²) in [7, 11) is 1.75. The summed E-state index contributed by atoms with van der Waals surface area (Å²) >= 11 is 2.19. The predicted molar refractivity (Wildman–Crippen MR) is 58.4 cm³/mol. The quantitative estimate of drug-likeness (QED) is 0.839. The van der Waals surface area contributed by atoms with Crippen molar-refractivity contribution in [1.82, 2.24) is 9.78 Å². The predicted octanol–water partition coefficient (Wildman–Crippen LogP) is 1.42. The third kappa shape index (κ3) is 1.54. The zero-order valence-corrected chi connectivity index (χ0v) is 9.56. The van der Waals surface area contributed by atoms with Crippen LogP contribution in [0.25, 0.3) is 0 Å². The molecule has 13 heavy (non-hydrogen) atoms. The maximum Gasteiger partial charge on any atom is 0.135 e. The molecule has 5 heteroatoms. The summed E-state index contributed by atoms with van der Waals surface area (Å²) in [5.74, 6) is 0.778. The van der Waals surface area contributed by atoms with Gasteiger partial charge in [-0.1, -0.05) is 0 Å². The fourth-order valence-electron chi connectivity index (χ4n) is 1.57. The van der Waals surface area contributed by atoms with E-state index in [2.05, 4.69) is 27.7 Å². The molecule has 0 unspecified atom stereocenters. The number of ether oxygens (including phenoxy) is 1. The van der Waals surface area contributed by atoms with Gasteiger partial charge in [0.15, 0.2) is 0 Å². The summed E-state index contributed by atoms with van der Waals surface area (Å²) in [4.78, 5) is 0. The Morgan fingerprint density at radius 3 is 2.85 bits per heavy atom. The average molecular weight is 293 g/mol. The molecule has 1 aliphatic carbocycles. The van der Waals surface area contributed by atoms with Gasteiger partial charge in [0.2, 0.25) is 0 Å². The molecule has 0 amide bonds. The third-order valence-corrected chi connectivity index (χ3v) is 3.37. The van der Waals surface area contributed by atoms with Crippen molar-refractivity contribution in [3.05, 3.63) is 9.77 Å². The Morgan fingerprint density at radius 2 is 2.38 bits per heavy atom. The lowest BCUT2D eigenvalue weighted by Crippen LogP contribution is -2.33. The average Bonchev–Trinajstić information content (AvgIpc) is 2.34. The molecule has 1 heterocycles. The molecule has 72 valence electrons. The van der Waals surface area contributed by atoms with E-state index in [9.17, 15) is 0 Å². The molecule has 0 aliphatic heterocycles. The van der Waals surface area contributed by atoms with Crippen LogP contribution in [0.5, 0.6) is 0 Å². The van der Waals surface area contributed by atoms with E-state index in [1.165, 1.54) is 0 Å². The minimum absolute atomic E-state index is 0.395. The largest absolute Gasteiger partial charge is 0.383 e. The summed E-state index contributed by atoms with van der Waals surface area (Å²) < 4.78 is 8.13. The van der Waals surface area contributed by atoms with Crippen LogP contribution < -0.4 is 5.73 Å². The Bertz CT molecular complexity index is 306. The zero-order valence-electron chi connectivity index (χ0n) is 7.40. The number of nitrogens with two attached hydrogens (primary N) is 1. The smallest absolute Gasteiger partial charge is 0.135 e. The number of nitrogens with zero attached hydrogens (tertiary/aromatic N) is 2. The molecule has 0 aromatic carbocycles. The van der Waals surface area contributed by atoms with E-state index in [1.54, 1.807) is 13.3 Å². The maximum absolute atomic E-state index is 5.85. The Kier molecular flexibility index (Phi) is 2.46. The van der Waals surface area contributed by atoms with Gasteiger partial charge in [-0.25, -0.2) is 4.68 Å². The highest BCUT2D eigenvalue weighted by Crippen LogP contribution is 2.35. The molecule has 1 aromatic rings. The lowest BCUT2D eigenvalue weighted by atomic mass is 9.89. The molecular formula is C8H12IN3O. The molecule has 1 aliphatic rings. The lowest BCUT2D eigenvalue weighted by Gasteiger charge is -2.34. The Hall–Kier alpha value is -0.300. The number of methoxy groups -OCH3 is 1. The lowest BCUT2D eigenvalue weighted by molar-refractivity contribution is 0.00320. The van der Waals surface area contributed by atoms with Crippen molar-refractivity contribution in [3.8, 4) is 0 Å². The normalized spacial score (nSPS) is 27.2. The summed E-state index contributed by atoms with van der Waals surface area (Å²) in [6.45, 7) is 0. The molecule has 0 bridgehead atoms. The summed E-state index contributed by atoms with van der Waals surface area (Å²) in [6.07, 6.45) is 4.25. The second kappa shape index (κ2) is 3.45. The number of hydrogen-bond donors (Lipinski definition) is 1. The standard InChI is InChI=1S/C8H12IN3O/c1-13-6-2-5(3-6)12-8(10)7(9)4-11-12/h4-6H,2-3,10H2,1H3. The molecule has 0 radical (unpaired) electrons. The molecule has 2 N–H and O–H groups in total. The van der Waals surface area contributed by atoms with Crippen molar-refractivity contribution in [2.24, 2.45) is 0 Å². The van der Waals surface area contributed by atoms with Crippen LogP contribution in [-0.2, 0) is 4.74 Å². The molecule has 0 atom stereocenters. The first-order chi connectivity index (χ1) is 6.22. The fourth-order valence-corrected chi connectivity index (χ4v) is 1.94. The highest BCUT2D eigenvalue weighted by Gasteiger charge is 2.32. The van der Waals surface area contributed by atoms with E-state index in [4.69, 9.17) is 10.5 Å². The molecule has 2 rings (SSSR count). The number of anilines is 1. The van der Waals surface area contributed by atoms with Gasteiger partial charge in [-0.15, -0.1) is 0 Å². The first-order valence-corrected chi connectivity index (χ1v) is 5.31. The van der Waals surface area contributed by atoms with E-state index in [1.807, 2.05) is 4.68 Å². The molecule has 0 spiro atoms. The van der Waals surface area contributed by atoms with Crippen LogP contribution in [0.15, 0.2) is 6.20 Å². The third-order valence-electron chi connectivity index (χ3n) is 2.54. The number of nitrogen functional groups attached to an aromatic ring is 1. The molecule has 1 saturated carbocycles. The van der Waals surface area contributed by atoms with E-state index in [0.29, 0.717) is 12.1 Å². The molecular weight excluding hydrogens is 281 g/mol. The highest BCUT2D eigenvalue weighted by atomic mass is 127. The molecule has 0 saturated heterocycles. The van der Waals surface area contributed by atoms with E-state index in [-0.39, 0.29) is 0 Å². The van der Waals surface area contributed by atoms with Crippen LogP contribution in [0.3, 0.4) is 0 Å². The molecule has 1 aromatic heterocycles.